The second kappa shape index (κ2) is 3.20. The van der Waals surface area contributed by atoms with Gasteiger partial charge in [0.05, 0.1) is 6.17 Å². The highest BCUT2D eigenvalue weighted by Gasteiger charge is 2.27. The van der Waals surface area contributed by atoms with Crippen molar-refractivity contribution in [3.05, 3.63) is 47.1 Å². The van der Waals surface area contributed by atoms with Crippen LogP contribution in [0.25, 0.3) is 0 Å². The molecule has 3 rings (SSSR count). The van der Waals surface area contributed by atoms with Crippen molar-refractivity contribution in [2.24, 2.45) is 0 Å². The monoisotopic (exact) mass is 187 g/mol. The molecular formula is C11H13N3. The van der Waals surface area contributed by atoms with Crippen molar-refractivity contribution < 1.29 is 0 Å². The topological polar surface area (TPSA) is 36.1 Å². The van der Waals surface area contributed by atoms with Crippen LogP contribution >= 0.6 is 0 Å². The van der Waals surface area contributed by atoms with Gasteiger partial charge in [-0.3, -0.25) is 10.7 Å². The van der Waals surface area contributed by atoms with Crippen LogP contribution in [-0.4, -0.2) is 19.3 Å². The summed E-state index contributed by atoms with van der Waals surface area (Å²) in [5, 5.41) is 3.44. The lowest BCUT2D eigenvalue weighted by Crippen LogP contribution is -2.44. The first-order chi connectivity index (χ1) is 6.95. The lowest BCUT2D eigenvalue weighted by molar-refractivity contribution is 0.498. The summed E-state index contributed by atoms with van der Waals surface area (Å²) in [7, 11) is 0. The third kappa shape index (κ3) is 1.18. The Morgan fingerprint density at radius 2 is 2.14 bits per heavy atom. The zero-order chi connectivity index (χ0) is 9.38. The van der Waals surface area contributed by atoms with Gasteiger partial charge in [0.25, 0.3) is 0 Å². The average molecular weight is 187 g/mol. The fraction of sp³-hybridized carbons (Fsp3) is 0.273. The van der Waals surface area contributed by atoms with Gasteiger partial charge in [0.15, 0.2) is 0 Å². The van der Waals surface area contributed by atoms with Crippen molar-refractivity contribution >= 4 is 0 Å². The summed E-state index contributed by atoms with van der Waals surface area (Å²) < 4.78 is 0. The second-order valence-electron chi connectivity index (χ2n) is 3.69. The quantitative estimate of drug-likeness (QED) is 0.513. The van der Waals surface area contributed by atoms with Crippen molar-refractivity contribution in [1.82, 2.24) is 16.2 Å². The minimum Gasteiger partial charge on any atom is -0.293 e. The molecule has 3 N–H and O–H groups in total. The smallest absolute Gasteiger partial charge is 0.0947 e. The van der Waals surface area contributed by atoms with Gasteiger partial charge < -0.3 is 0 Å². The van der Waals surface area contributed by atoms with E-state index in [4.69, 9.17) is 0 Å². The van der Waals surface area contributed by atoms with E-state index in [0.717, 1.165) is 13.1 Å². The Hall–Kier alpha value is -1.16. The van der Waals surface area contributed by atoms with Gasteiger partial charge in [0.1, 0.15) is 0 Å². The van der Waals surface area contributed by atoms with E-state index in [9.17, 15) is 0 Å². The predicted octanol–water partition coefficient (Wildman–Crippen LogP) is 0.373. The number of allylic oxidation sites excluding steroid dienone is 5. The largest absolute Gasteiger partial charge is 0.293 e. The molecule has 1 fully saturated rings. The van der Waals surface area contributed by atoms with Gasteiger partial charge in [-0.2, -0.15) is 0 Å². The molecule has 0 aromatic carbocycles. The van der Waals surface area contributed by atoms with Crippen LogP contribution < -0.4 is 16.2 Å². The first-order valence-electron chi connectivity index (χ1n) is 4.94. The van der Waals surface area contributed by atoms with E-state index >= 15 is 0 Å². The van der Waals surface area contributed by atoms with Crippen LogP contribution in [-0.2, 0) is 0 Å². The maximum atomic E-state index is 3.44. The number of hydrogen-bond donors (Lipinski definition) is 3. The Labute approximate surface area is 83.2 Å². The van der Waals surface area contributed by atoms with E-state index in [2.05, 4.69) is 46.5 Å². The zero-order valence-corrected chi connectivity index (χ0v) is 7.88. The maximum Gasteiger partial charge on any atom is 0.0947 e. The Kier molecular flexibility index (Phi) is 1.87. The summed E-state index contributed by atoms with van der Waals surface area (Å²) in [6, 6.07) is 0. The molecule has 0 bridgehead atoms. The molecule has 0 aromatic rings. The minimum absolute atomic E-state index is 0.310. The van der Waals surface area contributed by atoms with E-state index in [-0.39, 0.29) is 0 Å². The lowest BCUT2D eigenvalue weighted by atomic mass is 9.95. The molecule has 0 spiro atoms. The maximum absolute atomic E-state index is 3.44. The zero-order valence-electron chi connectivity index (χ0n) is 7.88. The van der Waals surface area contributed by atoms with Crippen LogP contribution in [0.2, 0.25) is 0 Å². The van der Waals surface area contributed by atoms with Gasteiger partial charge in [-0.05, 0) is 16.7 Å². The van der Waals surface area contributed by atoms with Gasteiger partial charge >= 0.3 is 0 Å². The van der Waals surface area contributed by atoms with Crippen molar-refractivity contribution in [2.75, 3.05) is 13.1 Å². The van der Waals surface area contributed by atoms with Crippen molar-refractivity contribution in [1.29, 1.82) is 0 Å². The standard InChI is InChI=1S/C11H13N3/c1-2-4-8-6-12-11-10(7-13-14-11)9(8)5-3-1/h1-5,11-14H,6-7H2. The molecule has 1 atom stereocenters. The summed E-state index contributed by atoms with van der Waals surface area (Å²) in [5.74, 6) is 0. The molecule has 1 aliphatic carbocycles. The molecule has 2 heterocycles. The number of fused-ring (bicyclic) bond motifs is 2. The highest BCUT2D eigenvalue weighted by atomic mass is 15.4. The van der Waals surface area contributed by atoms with Crippen LogP contribution in [0.15, 0.2) is 47.1 Å². The third-order valence-electron chi connectivity index (χ3n) is 2.84. The fourth-order valence-corrected chi connectivity index (χ4v) is 2.13. The summed E-state index contributed by atoms with van der Waals surface area (Å²) >= 11 is 0. The Morgan fingerprint density at radius 1 is 1.14 bits per heavy atom. The van der Waals surface area contributed by atoms with E-state index in [1.165, 1.54) is 16.7 Å². The summed E-state index contributed by atoms with van der Waals surface area (Å²) in [5.41, 5.74) is 10.6. The predicted molar refractivity (Wildman–Crippen MR) is 56.3 cm³/mol. The van der Waals surface area contributed by atoms with Crippen LogP contribution in [0.1, 0.15) is 0 Å². The van der Waals surface area contributed by atoms with Crippen molar-refractivity contribution in [3.63, 3.8) is 0 Å². The molecule has 0 amide bonds. The SMILES string of the molecule is C1=CC=C2CNC3NNCC3=C2C=C1. The third-order valence-corrected chi connectivity index (χ3v) is 2.84. The molecule has 3 nitrogen and oxygen atoms in total. The molecule has 3 heteroatoms. The molecule has 3 aliphatic rings. The van der Waals surface area contributed by atoms with Gasteiger partial charge in [0.2, 0.25) is 0 Å². The lowest BCUT2D eigenvalue weighted by Gasteiger charge is -2.24. The van der Waals surface area contributed by atoms with Crippen molar-refractivity contribution in [2.45, 2.75) is 6.17 Å². The molecule has 0 aromatic heterocycles. The van der Waals surface area contributed by atoms with Gasteiger partial charge in [-0.1, -0.05) is 30.4 Å². The molecule has 1 unspecified atom stereocenters. The van der Waals surface area contributed by atoms with Gasteiger partial charge in [0, 0.05) is 13.1 Å². The number of hydrogen-bond acceptors (Lipinski definition) is 3. The molecule has 72 valence electrons. The number of hydrazine groups is 1. The van der Waals surface area contributed by atoms with E-state index in [1.807, 2.05) is 0 Å². The first-order valence-corrected chi connectivity index (χ1v) is 4.94. The average Bonchev–Trinajstić information content (AvgIpc) is 2.55. The van der Waals surface area contributed by atoms with Crippen LogP contribution in [0.3, 0.4) is 0 Å². The minimum atomic E-state index is 0.310. The highest BCUT2D eigenvalue weighted by Crippen LogP contribution is 2.25. The Morgan fingerprint density at radius 3 is 3.14 bits per heavy atom. The van der Waals surface area contributed by atoms with Crippen LogP contribution in [0.4, 0.5) is 0 Å². The molecule has 0 saturated carbocycles. The summed E-state index contributed by atoms with van der Waals surface area (Å²) in [6.45, 7) is 1.86. The molecule has 2 aliphatic heterocycles. The van der Waals surface area contributed by atoms with E-state index < -0.39 is 0 Å². The molecular weight excluding hydrogens is 174 g/mol. The normalized spacial score (nSPS) is 29.7. The molecule has 0 radical (unpaired) electrons. The second-order valence-corrected chi connectivity index (χ2v) is 3.69. The van der Waals surface area contributed by atoms with Crippen molar-refractivity contribution in [3.8, 4) is 0 Å². The fourth-order valence-electron chi connectivity index (χ4n) is 2.13. The van der Waals surface area contributed by atoms with Gasteiger partial charge in [-0.25, -0.2) is 5.43 Å². The molecule has 14 heavy (non-hydrogen) atoms. The van der Waals surface area contributed by atoms with Crippen LogP contribution in [0, 0.1) is 0 Å². The number of rotatable bonds is 0. The Bertz CT molecular complexity index is 374. The van der Waals surface area contributed by atoms with E-state index in [0.29, 0.717) is 6.17 Å². The first kappa shape index (κ1) is 8.17. The molecule has 1 saturated heterocycles. The van der Waals surface area contributed by atoms with Gasteiger partial charge in [-0.15, -0.1) is 0 Å². The highest BCUT2D eigenvalue weighted by molar-refractivity contribution is 5.52. The van der Waals surface area contributed by atoms with Crippen LogP contribution in [0.5, 0.6) is 0 Å². The van der Waals surface area contributed by atoms with E-state index in [1.54, 1.807) is 0 Å². The summed E-state index contributed by atoms with van der Waals surface area (Å²) in [4.78, 5) is 0. The Balaban J connectivity index is 2.11. The number of nitrogens with one attached hydrogen (secondary N) is 3. The summed E-state index contributed by atoms with van der Waals surface area (Å²) in [6.07, 6.45) is 11.0.